The summed E-state index contributed by atoms with van der Waals surface area (Å²) in [4.78, 5) is 29.7. The molecule has 0 aliphatic carbocycles. The van der Waals surface area contributed by atoms with E-state index in [1.54, 1.807) is 4.90 Å². The maximum absolute atomic E-state index is 12.5. The number of oxazole rings is 1. The van der Waals surface area contributed by atoms with Crippen molar-refractivity contribution >= 4 is 11.9 Å². The van der Waals surface area contributed by atoms with Crippen LogP contribution in [-0.2, 0) is 22.5 Å². The molecule has 6 heteroatoms. The number of aromatic nitrogens is 1. The normalized spacial score (nSPS) is 10.7. The van der Waals surface area contributed by atoms with Crippen molar-refractivity contribution in [2.45, 2.75) is 39.3 Å². The Morgan fingerprint density at radius 1 is 1.25 bits per heavy atom. The lowest BCUT2D eigenvalue weighted by Gasteiger charge is -2.25. The van der Waals surface area contributed by atoms with Gasteiger partial charge in [0.1, 0.15) is 6.26 Å². The minimum absolute atomic E-state index is 0.00162. The van der Waals surface area contributed by atoms with Gasteiger partial charge >= 0.3 is 5.97 Å². The molecule has 0 aliphatic heterocycles. The first kappa shape index (κ1) is 17.7. The number of benzene rings is 1. The highest BCUT2D eigenvalue weighted by atomic mass is 16.5. The van der Waals surface area contributed by atoms with Gasteiger partial charge in [-0.05, 0) is 25.8 Å². The third-order valence-corrected chi connectivity index (χ3v) is 3.67. The van der Waals surface area contributed by atoms with Crippen LogP contribution in [0.15, 0.2) is 41.0 Å². The van der Waals surface area contributed by atoms with Gasteiger partial charge < -0.3 is 14.1 Å². The van der Waals surface area contributed by atoms with Crippen molar-refractivity contribution in [1.29, 1.82) is 0 Å². The molecule has 2 rings (SSSR count). The predicted octanol–water partition coefficient (Wildman–Crippen LogP) is 2.83. The van der Waals surface area contributed by atoms with Crippen LogP contribution in [0.3, 0.4) is 0 Å². The molecular formula is C18H22N2O4. The molecule has 0 saturated carbocycles. The van der Waals surface area contributed by atoms with E-state index >= 15 is 0 Å². The molecule has 1 aromatic carbocycles. The summed E-state index contributed by atoms with van der Waals surface area (Å²) in [6.07, 6.45) is 2.34. The number of esters is 1. The summed E-state index contributed by atoms with van der Waals surface area (Å²) in [6, 6.07) is 9.88. The molecule has 24 heavy (non-hydrogen) atoms. The van der Waals surface area contributed by atoms with E-state index in [-0.39, 0.29) is 24.2 Å². The van der Waals surface area contributed by atoms with Gasteiger partial charge in [-0.1, -0.05) is 30.3 Å². The molecule has 2 aromatic rings. The quantitative estimate of drug-likeness (QED) is 0.730. The van der Waals surface area contributed by atoms with Crippen molar-refractivity contribution in [3.63, 3.8) is 0 Å². The van der Waals surface area contributed by atoms with Gasteiger partial charge in [0.2, 0.25) is 11.8 Å². The standard InChI is InChI=1S/C18H22N2O4/c1-13(2)20(11-16-19-15(12-24-16)18(22)23-3)17(21)10-9-14-7-5-4-6-8-14/h4-8,12-13H,9-11H2,1-3H3. The minimum Gasteiger partial charge on any atom is -0.464 e. The Morgan fingerprint density at radius 3 is 2.58 bits per heavy atom. The van der Waals surface area contributed by atoms with E-state index in [9.17, 15) is 9.59 Å². The van der Waals surface area contributed by atoms with Crippen LogP contribution in [0.5, 0.6) is 0 Å². The third kappa shape index (κ3) is 4.68. The molecule has 0 radical (unpaired) electrons. The number of amides is 1. The highest BCUT2D eigenvalue weighted by Gasteiger charge is 2.21. The first-order valence-corrected chi connectivity index (χ1v) is 7.87. The number of rotatable bonds is 7. The lowest BCUT2D eigenvalue weighted by molar-refractivity contribution is -0.133. The molecule has 1 heterocycles. The van der Waals surface area contributed by atoms with Gasteiger partial charge in [-0.3, -0.25) is 4.79 Å². The van der Waals surface area contributed by atoms with E-state index < -0.39 is 5.97 Å². The lowest BCUT2D eigenvalue weighted by atomic mass is 10.1. The van der Waals surface area contributed by atoms with Crippen LogP contribution in [0.4, 0.5) is 0 Å². The smallest absolute Gasteiger partial charge is 0.360 e. The average molecular weight is 330 g/mol. The molecule has 0 fully saturated rings. The Hall–Kier alpha value is -2.63. The molecule has 0 saturated heterocycles. The van der Waals surface area contributed by atoms with Gasteiger partial charge in [-0.2, -0.15) is 0 Å². The third-order valence-electron chi connectivity index (χ3n) is 3.67. The van der Waals surface area contributed by atoms with Gasteiger partial charge in [0.25, 0.3) is 0 Å². The van der Waals surface area contributed by atoms with Crippen molar-refractivity contribution in [1.82, 2.24) is 9.88 Å². The molecule has 0 aliphatic rings. The van der Waals surface area contributed by atoms with Crippen LogP contribution in [0.25, 0.3) is 0 Å². The summed E-state index contributed by atoms with van der Waals surface area (Å²) in [5, 5.41) is 0. The number of nitrogens with zero attached hydrogens (tertiary/aromatic N) is 2. The molecule has 1 aromatic heterocycles. The molecule has 0 bridgehead atoms. The highest BCUT2D eigenvalue weighted by Crippen LogP contribution is 2.13. The number of methoxy groups -OCH3 is 1. The summed E-state index contributed by atoms with van der Waals surface area (Å²) in [6.45, 7) is 4.09. The minimum atomic E-state index is -0.559. The lowest BCUT2D eigenvalue weighted by Crippen LogP contribution is -2.36. The molecular weight excluding hydrogens is 308 g/mol. The Labute approximate surface area is 141 Å². The summed E-state index contributed by atoms with van der Waals surface area (Å²) in [5.74, 6) is -0.222. The van der Waals surface area contributed by atoms with Gasteiger partial charge in [-0.25, -0.2) is 9.78 Å². The number of carbonyl (C=O) groups excluding carboxylic acids is 2. The van der Waals surface area contributed by atoms with E-state index in [4.69, 9.17) is 4.42 Å². The second-order valence-corrected chi connectivity index (χ2v) is 5.72. The number of aryl methyl sites for hydroxylation is 1. The monoisotopic (exact) mass is 330 g/mol. The molecule has 0 unspecified atom stereocenters. The van der Waals surface area contributed by atoms with E-state index in [2.05, 4.69) is 9.72 Å². The first-order chi connectivity index (χ1) is 11.5. The summed E-state index contributed by atoms with van der Waals surface area (Å²) >= 11 is 0. The molecule has 0 spiro atoms. The van der Waals surface area contributed by atoms with E-state index in [0.717, 1.165) is 5.56 Å². The Kier molecular flexibility index (Phi) is 6.12. The van der Waals surface area contributed by atoms with Gasteiger partial charge in [0, 0.05) is 12.5 Å². The zero-order chi connectivity index (χ0) is 17.5. The van der Waals surface area contributed by atoms with Crippen LogP contribution in [0.2, 0.25) is 0 Å². The van der Waals surface area contributed by atoms with Crippen molar-refractivity contribution < 1.29 is 18.7 Å². The molecule has 1 amide bonds. The highest BCUT2D eigenvalue weighted by molar-refractivity contribution is 5.86. The van der Waals surface area contributed by atoms with Crippen molar-refractivity contribution in [2.75, 3.05) is 7.11 Å². The number of ether oxygens (including phenoxy) is 1. The topological polar surface area (TPSA) is 72.6 Å². The van der Waals surface area contributed by atoms with Crippen LogP contribution in [0, 0.1) is 0 Å². The van der Waals surface area contributed by atoms with E-state index in [0.29, 0.717) is 18.7 Å². The van der Waals surface area contributed by atoms with Crippen molar-refractivity contribution in [3.05, 3.63) is 53.7 Å². The van der Waals surface area contributed by atoms with Crippen LogP contribution < -0.4 is 0 Å². The molecule has 0 N–H and O–H groups in total. The summed E-state index contributed by atoms with van der Waals surface area (Å²) in [5.41, 5.74) is 1.23. The maximum Gasteiger partial charge on any atom is 0.360 e. The van der Waals surface area contributed by atoms with Crippen LogP contribution in [0.1, 0.15) is 42.2 Å². The SMILES string of the molecule is COC(=O)c1coc(CN(C(=O)CCc2ccccc2)C(C)C)n1. The zero-order valence-corrected chi connectivity index (χ0v) is 14.2. The van der Waals surface area contributed by atoms with Gasteiger partial charge in [0.15, 0.2) is 5.69 Å². The summed E-state index contributed by atoms with van der Waals surface area (Å²) in [7, 11) is 1.28. The van der Waals surface area contributed by atoms with Gasteiger partial charge in [-0.15, -0.1) is 0 Å². The Bertz CT molecular complexity index is 679. The first-order valence-electron chi connectivity index (χ1n) is 7.87. The molecule has 6 nitrogen and oxygen atoms in total. The number of hydrogen-bond donors (Lipinski definition) is 0. The Morgan fingerprint density at radius 2 is 1.96 bits per heavy atom. The fourth-order valence-electron chi connectivity index (χ4n) is 2.33. The summed E-state index contributed by atoms with van der Waals surface area (Å²) < 4.78 is 9.87. The second-order valence-electron chi connectivity index (χ2n) is 5.72. The van der Waals surface area contributed by atoms with Crippen LogP contribution >= 0.6 is 0 Å². The van der Waals surface area contributed by atoms with Crippen molar-refractivity contribution in [2.24, 2.45) is 0 Å². The maximum atomic E-state index is 12.5. The zero-order valence-electron chi connectivity index (χ0n) is 14.2. The Balaban J connectivity index is 1.99. The van der Waals surface area contributed by atoms with Crippen molar-refractivity contribution in [3.8, 4) is 0 Å². The largest absolute Gasteiger partial charge is 0.464 e. The predicted molar refractivity (Wildman–Crippen MR) is 88.3 cm³/mol. The average Bonchev–Trinajstić information content (AvgIpc) is 3.06. The van der Waals surface area contributed by atoms with E-state index in [1.165, 1.54) is 13.4 Å². The van der Waals surface area contributed by atoms with Crippen LogP contribution in [-0.4, -0.2) is 34.9 Å². The number of hydrogen-bond acceptors (Lipinski definition) is 5. The fraction of sp³-hybridized carbons (Fsp3) is 0.389. The fourth-order valence-corrected chi connectivity index (χ4v) is 2.33. The second kappa shape index (κ2) is 8.29. The molecule has 0 atom stereocenters. The number of carbonyl (C=O) groups is 2. The van der Waals surface area contributed by atoms with E-state index in [1.807, 2.05) is 44.2 Å². The molecule has 128 valence electrons. The van der Waals surface area contributed by atoms with Gasteiger partial charge in [0.05, 0.1) is 13.7 Å².